The van der Waals surface area contributed by atoms with Gasteiger partial charge in [-0.25, -0.2) is 14.2 Å². The Kier molecular flexibility index (Phi) is 3.05. The standard InChI is InChI=1S/C13H17F2N3/c14-9-4-8(5-10(15)6-9)11-12(7-2-1-3-7)17-18-13(11)16/h4-7,11-13,17-18H,1-3,16H2. The van der Waals surface area contributed by atoms with Gasteiger partial charge in [0.1, 0.15) is 11.6 Å². The second kappa shape index (κ2) is 4.57. The third-order valence-electron chi connectivity index (χ3n) is 4.12. The van der Waals surface area contributed by atoms with Crippen LogP contribution in [0.2, 0.25) is 0 Å². The number of nitrogens with one attached hydrogen (secondary N) is 2. The van der Waals surface area contributed by atoms with E-state index in [1.807, 2.05) is 0 Å². The highest BCUT2D eigenvalue weighted by atomic mass is 19.1. The van der Waals surface area contributed by atoms with E-state index >= 15 is 0 Å². The molecule has 2 aliphatic rings. The van der Waals surface area contributed by atoms with Gasteiger partial charge < -0.3 is 5.73 Å². The van der Waals surface area contributed by atoms with Gasteiger partial charge in [0.2, 0.25) is 0 Å². The van der Waals surface area contributed by atoms with Gasteiger partial charge in [-0.05, 0) is 36.5 Å². The van der Waals surface area contributed by atoms with Crippen molar-refractivity contribution >= 4 is 0 Å². The summed E-state index contributed by atoms with van der Waals surface area (Å²) in [6.07, 6.45) is 3.22. The molecular formula is C13H17F2N3. The van der Waals surface area contributed by atoms with Crippen molar-refractivity contribution in [3.8, 4) is 0 Å². The van der Waals surface area contributed by atoms with Gasteiger partial charge in [-0.2, -0.15) is 0 Å². The Labute approximate surface area is 105 Å². The number of hydrogen-bond donors (Lipinski definition) is 3. The first kappa shape index (κ1) is 12.0. The minimum Gasteiger partial charge on any atom is -0.314 e. The van der Waals surface area contributed by atoms with Gasteiger partial charge in [0.25, 0.3) is 0 Å². The summed E-state index contributed by atoms with van der Waals surface area (Å²) in [5, 5.41) is 0. The number of nitrogens with two attached hydrogens (primary N) is 1. The van der Waals surface area contributed by atoms with Gasteiger partial charge in [0.05, 0.1) is 6.17 Å². The van der Waals surface area contributed by atoms with Crippen molar-refractivity contribution in [1.29, 1.82) is 0 Å². The summed E-state index contributed by atoms with van der Waals surface area (Å²) in [5.74, 6) is -0.629. The van der Waals surface area contributed by atoms with Crippen molar-refractivity contribution in [3.05, 3.63) is 35.4 Å². The van der Waals surface area contributed by atoms with Gasteiger partial charge in [-0.1, -0.05) is 6.42 Å². The molecule has 1 aromatic carbocycles. The second-order valence-electron chi connectivity index (χ2n) is 5.26. The maximum Gasteiger partial charge on any atom is 0.126 e. The number of rotatable bonds is 2. The smallest absolute Gasteiger partial charge is 0.126 e. The molecule has 0 amide bonds. The molecule has 3 atom stereocenters. The molecule has 5 heteroatoms. The summed E-state index contributed by atoms with van der Waals surface area (Å²) >= 11 is 0. The summed E-state index contributed by atoms with van der Waals surface area (Å²) in [4.78, 5) is 0. The molecule has 18 heavy (non-hydrogen) atoms. The van der Waals surface area contributed by atoms with Crippen molar-refractivity contribution in [1.82, 2.24) is 10.9 Å². The zero-order valence-electron chi connectivity index (χ0n) is 10.00. The number of benzene rings is 1. The van der Waals surface area contributed by atoms with E-state index in [-0.39, 0.29) is 18.1 Å². The average molecular weight is 253 g/mol. The lowest BCUT2D eigenvalue weighted by Gasteiger charge is -2.35. The van der Waals surface area contributed by atoms with E-state index in [4.69, 9.17) is 5.73 Å². The normalized spacial score (nSPS) is 32.5. The van der Waals surface area contributed by atoms with E-state index in [1.54, 1.807) is 0 Å². The Balaban J connectivity index is 1.91. The fourth-order valence-corrected chi connectivity index (χ4v) is 2.99. The molecule has 1 saturated carbocycles. The molecule has 0 spiro atoms. The largest absolute Gasteiger partial charge is 0.314 e. The van der Waals surface area contributed by atoms with E-state index in [9.17, 15) is 8.78 Å². The highest BCUT2D eigenvalue weighted by molar-refractivity contribution is 5.27. The van der Waals surface area contributed by atoms with Crippen LogP contribution in [0, 0.1) is 17.6 Å². The summed E-state index contributed by atoms with van der Waals surface area (Å²) in [5.41, 5.74) is 12.8. The molecule has 4 N–H and O–H groups in total. The molecular weight excluding hydrogens is 236 g/mol. The van der Waals surface area contributed by atoms with Crippen molar-refractivity contribution < 1.29 is 8.78 Å². The minimum absolute atomic E-state index is 0.0829. The van der Waals surface area contributed by atoms with Crippen molar-refractivity contribution in [2.24, 2.45) is 11.7 Å². The van der Waals surface area contributed by atoms with Crippen LogP contribution in [0.1, 0.15) is 30.7 Å². The van der Waals surface area contributed by atoms with Crippen LogP contribution in [0.15, 0.2) is 18.2 Å². The third-order valence-corrected chi connectivity index (χ3v) is 4.12. The molecule has 3 rings (SSSR count). The van der Waals surface area contributed by atoms with Crippen LogP contribution in [-0.4, -0.2) is 12.2 Å². The van der Waals surface area contributed by atoms with E-state index in [0.717, 1.165) is 18.9 Å². The molecule has 1 aromatic rings. The van der Waals surface area contributed by atoms with Crippen molar-refractivity contribution in [2.45, 2.75) is 37.4 Å². The maximum atomic E-state index is 13.3. The van der Waals surface area contributed by atoms with Gasteiger partial charge in [-0.15, -0.1) is 0 Å². The fraction of sp³-hybridized carbons (Fsp3) is 0.538. The summed E-state index contributed by atoms with van der Waals surface area (Å²) in [6, 6.07) is 3.82. The molecule has 0 aromatic heterocycles. The highest BCUT2D eigenvalue weighted by Crippen LogP contribution is 2.39. The molecule has 98 valence electrons. The Morgan fingerprint density at radius 3 is 2.28 bits per heavy atom. The van der Waals surface area contributed by atoms with E-state index in [0.29, 0.717) is 11.5 Å². The lowest BCUT2D eigenvalue weighted by Crippen LogP contribution is -2.41. The van der Waals surface area contributed by atoms with Crippen LogP contribution >= 0.6 is 0 Å². The van der Waals surface area contributed by atoms with Crippen LogP contribution in [0.25, 0.3) is 0 Å². The van der Waals surface area contributed by atoms with Gasteiger partial charge in [-0.3, -0.25) is 5.43 Å². The van der Waals surface area contributed by atoms with Crippen LogP contribution < -0.4 is 16.6 Å². The molecule has 1 saturated heterocycles. The van der Waals surface area contributed by atoms with Crippen LogP contribution in [0.3, 0.4) is 0 Å². The Morgan fingerprint density at radius 1 is 1.06 bits per heavy atom. The number of halogens is 2. The minimum atomic E-state index is -0.545. The van der Waals surface area contributed by atoms with Crippen molar-refractivity contribution in [2.75, 3.05) is 0 Å². The number of hydrogen-bond acceptors (Lipinski definition) is 3. The second-order valence-corrected chi connectivity index (χ2v) is 5.26. The fourth-order valence-electron chi connectivity index (χ4n) is 2.99. The van der Waals surface area contributed by atoms with Gasteiger partial charge in [0.15, 0.2) is 0 Å². The predicted molar refractivity (Wildman–Crippen MR) is 64.5 cm³/mol. The van der Waals surface area contributed by atoms with E-state index in [2.05, 4.69) is 10.9 Å². The lowest BCUT2D eigenvalue weighted by atomic mass is 9.73. The molecule has 1 aliphatic carbocycles. The topological polar surface area (TPSA) is 50.1 Å². The zero-order valence-corrected chi connectivity index (χ0v) is 10.00. The van der Waals surface area contributed by atoms with Gasteiger partial charge >= 0.3 is 0 Å². The SMILES string of the molecule is NC1NNC(C2CCC2)C1c1cc(F)cc(F)c1. The van der Waals surface area contributed by atoms with E-state index in [1.165, 1.54) is 18.6 Å². The van der Waals surface area contributed by atoms with Crippen LogP contribution in [-0.2, 0) is 0 Å². The van der Waals surface area contributed by atoms with Gasteiger partial charge in [0, 0.05) is 18.0 Å². The first-order chi connectivity index (χ1) is 8.65. The molecule has 1 aliphatic heterocycles. The highest BCUT2D eigenvalue weighted by Gasteiger charge is 2.41. The molecule has 2 fully saturated rings. The molecule has 1 heterocycles. The lowest BCUT2D eigenvalue weighted by molar-refractivity contribution is 0.226. The van der Waals surface area contributed by atoms with Crippen molar-refractivity contribution in [3.63, 3.8) is 0 Å². The average Bonchev–Trinajstić information content (AvgIpc) is 2.56. The Bertz CT molecular complexity index is 428. The molecule has 0 bridgehead atoms. The molecule has 3 unspecified atom stereocenters. The monoisotopic (exact) mass is 253 g/mol. The Hall–Kier alpha value is -1.04. The third kappa shape index (κ3) is 2.02. The summed E-state index contributed by atoms with van der Waals surface area (Å²) in [6.45, 7) is 0. The van der Waals surface area contributed by atoms with E-state index < -0.39 is 11.6 Å². The van der Waals surface area contributed by atoms with Crippen LogP contribution in [0.4, 0.5) is 8.78 Å². The summed E-state index contributed by atoms with van der Waals surface area (Å²) in [7, 11) is 0. The molecule has 0 radical (unpaired) electrons. The molecule has 3 nitrogen and oxygen atoms in total. The summed E-state index contributed by atoms with van der Waals surface area (Å²) < 4.78 is 26.6. The maximum absolute atomic E-state index is 13.3. The Morgan fingerprint density at radius 2 is 1.72 bits per heavy atom. The zero-order chi connectivity index (χ0) is 12.7. The quantitative estimate of drug-likeness (QED) is 0.750. The predicted octanol–water partition coefficient (Wildman–Crippen LogP) is 1.61. The number of hydrazine groups is 1. The first-order valence-electron chi connectivity index (χ1n) is 6.38. The van der Waals surface area contributed by atoms with Crippen LogP contribution in [0.5, 0.6) is 0 Å². The first-order valence-corrected chi connectivity index (χ1v) is 6.38.